The van der Waals surface area contributed by atoms with E-state index in [2.05, 4.69) is 0 Å². The van der Waals surface area contributed by atoms with Gasteiger partial charge in [-0.15, -0.1) is 0 Å². The van der Waals surface area contributed by atoms with Gasteiger partial charge in [0.05, 0.1) is 19.3 Å². The van der Waals surface area contributed by atoms with E-state index in [1.807, 2.05) is 0 Å². The van der Waals surface area contributed by atoms with Gasteiger partial charge in [0, 0.05) is 17.5 Å². The van der Waals surface area contributed by atoms with Crippen LogP contribution in [0.15, 0.2) is 48.8 Å². The fourth-order valence-corrected chi connectivity index (χ4v) is 5.18. The normalized spacial score (nSPS) is 32.7. The topological polar surface area (TPSA) is 141 Å². The summed E-state index contributed by atoms with van der Waals surface area (Å²) >= 11 is 6.02. The number of nitrogens with zero attached hydrogens (tertiary/aromatic N) is 1. The fraction of sp³-hybridized carbons (Fsp3) is 0.400. The minimum atomic E-state index is -3.95. The van der Waals surface area contributed by atoms with Gasteiger partial charge in [0.2, 0.25) is 0 Å². The van der Waals surface area contributed by atoms with Crippen LogP contribution in [0.25, 0.3) is 0 Å². The Morgan fingerprint density at radius 2 is 2.09 bits per heavy atom. The van der Waals surface area contributed by atoms with E-state index >= 15 is 0 Å². The second-order valence-corrected chi connectivity index (χ2v) is 9.52. The van der Waals surface area contributed by atoms with Gasteiger partial charge in [0.1, 0.15) is 17.8 Å². The monoisotopic (exact) mass is 485 g/mol. The number of phosphoric ester groups is 1. The lowest BCUT2D eigenvalue weighted by Crippen LogP contribution is -2.46. The predicted molar refractivity (Wildman–Crippen MR) is 110 cm³/mol. The molecule has 0 bridgehead atoms. The van der Waals surface area contributed by atoms with E-state index in [1.54, 1.807) is 36.5 Å². The molecule has 3 heterocycles. The average molecular weight is 486 g/mol. The molecule has 12 heteroatoms. The highest BCUT2D eigenvalue weighted by Crippen LogP contribution is 2.57. The smallest absolute Gasteiger partial charge is 0.387 e. The van der Waals surface area contributed by atoms with Gasteiger partial charge in [-0.2, -0.15) is 4.57 Å². The number of carbonyl (C=O) groups excluding carboxylic acids is 1. The number of aliphatic hydroxyl groups excluding tert-OH is 2. The number of aromatic nitrogens is 1. The van der Waals surface area contributed by atoms with Crippen molar-refractivity contribution in [3.8, 4) is 0 Å². The van der Waals surface area contributed by atoms with Gasteiger partial charge in [-0.1, -0.05) is 23.7 Å². The molecule has 6 atom stereocenters. The molecular weight excluding hydrogens is 463 g/mol. The number of aliphatic hydroxyl groups is 2. The molecule has 1 aromatic carbocycles. The van der Waals surface area contributed by atoms with Crippen LogP contribution < -0.4 is 10.3 Å². The van der Waals surface area contributed by atoms with Crippen LogP contribution in [0.3, 0.4) is 0 Å². The highest BCUT2D eigenvalue weighted by molar-refractivity contribution is 7.48. The van der Waals surface area contributed by atoms with Crippen LogP contribution in [0.5, 0.6) is 0 Å². The van der Waals surface area contributed by atoms with Gasteiger partial charge in [0.25, 0.3) is 12.1 Å². The number of rotatable bonds is 6. The molecule has 4 N–H and O–H groups in total. The molecule has 10 nitrogen and oxygen atoms in total. The summed E-state index contributed by atoms with van der Waals surface area (Å²) in [5.74, 6) is -0.647. The van der Waals surface area contributed by atoms with E-state index in [4.69, 9.17) is 35.6 Å². The Hall–Kier alpha value is -1.88. The average Bonchev–Trinajstić information content (AvgIpc) is 3.06. The molecule has 32 heavy (non-hydrogen) atoms. The van der Waals surface area contributed by atoms with Crippen molar-refractivity contribution in [2.45, 2.75) is 37.1 Å². The molecule has 0 saturated carbocycles. The molecule has 172 valence electrons. The summed E-state index contributed by atoms with van der Waals surface area (Å²) in [6.45, 7) is -0.214. The Labute approximate surface area is 189 Å². The molecular formula is C20H23ClN2O8P+. The van der Waals surface area contributed by atoms with Crippen molar-refractivity contribution >= 4 is 25.3 Å². The molecule has 2 aromatic rings. The number of benzene rings is 1. The van der Waals surface area contributed by atoms with Crippen molar-refractivity contribution < 1.29 is 42.4 Å². The highest BCUT2D eigenvalue weighted by Gasteiger charge is 2.49. The summed E-state index contributed by atoms with van der Waals surface area (Å²) in [5, 5.41) is 21.3. The van der Waals surface area contributed by atoms with Crippen LogP contribution in [0.4, 0.5) is 0 Å². The standard InChI is InChI=1S/C20H22ClN2O8P/c21-14-5-1-3-12(9-14)15-6-8-28-32(27,31-15)29-11-16-17(24)18(25)20(30-16)23-7-2-4-13(10-23)19(22)26/h1-5,7,9-10,15-18,20,24-25H,6,8,11H2,(H-,22,26)/p+1/t15-,16+,17?,18-,20+,32?/m0/s1. The second-order valence-electron chi connectivity index (χ2n) is 7.46. The number of halogens is 1. The van der Waals surface area contributed by atoms with Crippen molar-refractivity contribution in [2.24, 2.45) is 5.73 Å². The van der Waals surface area contributed by atoms with Crippen molar-refractivity contribution in [1.29, 1.82) is 0 Å². The van der Waals surface area contributed by atoms with Crippen molar-refractivity contribution in [3.63, 3.8) is 0 Å². The maximum atomic E-state index is 13.0. The maximum absolute atomic E-state index is 13.0. The maximum Gasteiger partial charge on any atom is 0.475 e. The Bertz CT molecular complexity index is 1040. The summed E-state index contributed by atoms with van der Waals surface area (Å²) in [7, 11) is -3.95. The molecule has 2 fully saturated rings. The van der Waals surface area contributed by atoms with Gasteiger partial charge in [-0.05, 0) is 23.8 Å². The number of ether oxygens (including phenoxy) is 1. The van der Waals surface area contributed by atoms with Gasteiger partial charge in [-0.3, -0.25) is 18.4 Å². The van der Waals surface area contributed by atoms with Crippen LogP contribution >= 0.6 is 19.4 Å². The zero-order valence-electron chi connectivity index (χ0n) is 16.8. The van der Waals surface area contributed by atoms with Gasteiger partial charge in [-0.25, -0.2) is 4.57 Å². The number of pyridine rings is 1. The van der Waals surface area contributed by atoms with Gasteiger partial charge < -0.3 is 20.7 Å². The molecule has 1 amide bonds. The minimum absolute atomic E-state index is 0.142. The molecule has 0 radical (unpaired) electrons. The first-order valence-corrected chi connectivity index (χ1v) is 11.7. The Kier molecular flexibility index (Phi) is 6.94. The molecule has 2 aliphatic rings. The van der Waals surface area contributed by atoms with Crippen LogP contribution in [0.2, 0.25) is 5.02 Å². The van der Waals surface area contributed by atoms with E-state index in [-0.39, 0.29) is 18.8 Å². The molecule has 4 rings (SSSR count). The quantitative estimate of drug-likeness (QED) is 0.414. The summed E-state index contributed by atoms with van der Waals surface area (Å²) in [6, 6.07) is 10.1. The van der Waals surface area contributed by atoms with E-state index in [0.717, 1.165) is 5.56 Å². The van der Waals surface area contributed by atoms with Crippen LogP contribution in [-0.4, -0.2) is 47.6 Å². The third-order valence-corrected chi connectivity index (χ3v) is 6.95. The fourth-order valence-electron chi connectivity index (χ4n) is 3.59. The Balaban J connectivity index is 1.41. The first-order chi connectivity index (χ1) is 15.3. The van der Waals surface area contributed by atoms with Crippen molar-refractivity contribution in [3.05, 3.63) is 64.9 Å². The Morgan fingerprint density at radius 1 is 1.28 bits per heavy atom. The third kappa shape index (κ3) is 5.03. The number of primary amides is 1. The lowest BCUT2D eigenvalue weighted by molar-refractivity contribution is -0.765. The predicted octanol–water partition coefficient (Wildman–Crippen LogP) is 1.65. The van der Waals surface area contributed by atoms with Crippen LogP contribution in [0.1, 0.15) is 34.7 Å². The lowest BCUT2D eigenvalue weighted by atomic mass is 10.1. The molecule has 2 aliphatic heterocycles. The summed E-state index contributed by atoms with van der Waals surface area (Å²) in [5.41, 5.74) is 6.23. The number of carbonyl (C=O) groups is 1. The Morgan fingerprint density at radius 3 is 2.84 bits per heavy atom. The van der Waals surface area contributed by atoms with E-state index < -0.39 is 44.4 Å². The van der Waals surface area contributed by atoms with E-state index in [0.29, 0.717) is 11.4 Å². The number of hydrogen-bond donors (Lipinski definition) is 3. The molecule has 1 aromatic heterocycles. The van der Waals surface area contributed by atoms with E-state index in [1.165, 1.54) is 16.8 Å². The zero-order chi connectivity index (χ0) is 22.9. The molecule has 2 saturated heterocycles. The largest absolute Gasteiger partial charge is 0.475 e. The summed E-state index contributed by atoms with van der Waals surface area (Å²) in [6.07, 6.45) is -1.82. The molecule has 2 unspecified atom stereocenters. The number of hydrogen-bond acceptors (Lipinski definition) is 8. The SMILES string of the molecule is NC(=O)c1ccc[n+]([C@@H]2O[C@H](COP3(=O)OCC[C@@H](c4cccc(Cl)c4)O3)C(O)[C@@H]2O)c1. The molecule has 0 aliphatic carbocycles. The van der Waals surface area contributed by atoms with Crippen molar-refractivity contribution in [2.75, 3.05) is 13.2 Å². The third-order valence-electron chi connectivity index (χ3n) is 5.24. The van der Waals surface area contributed by atoms with Crippen LogP contribution in [0, 0.1) is 0 Å². The number of nitrogens with two attached hydrogens (primary N) is 1. The second kappa shape index (κ2) is 9.54. The number of phosphoric acid groups is 1. The first-order valence-electron chi connectivity index (χ1n) is 9.91. The minimum Gasteiger partial charge on any atom is -0.387 e. The zero-order valence-corrected chi connectivity index (χ0v) is 18.5. The first kappa shape index (κ1) is 23.3. The van der Waals surface area contributed by atoms with Gasteiger partial charge >= 0.3 is 7.82 Å². The molecule has 0 spiro atoms. The summed E-state index contributed by atoms with van der Waals surface area (Å²) in [4.78, 5) is 11.4. The van der Waals surface area contributed by atoms with Crippen LogP contribution in [-0.2, 0) is 22.9 Å². The van der Waals surface area contributed by atoms with Crippen molar-refractivity contribution in [1.82, 2.24) is 0 Å². The number of amides is 1. The van der Waals surface area contributed by atoms with E-state index in [9.17, 15) is 19.6 Å². The lowest BCUT2D eigenvalue weighted by Gasteiger charge is -2.29. The van der Waals surface area contributed by atoms with Gasteiger partial charge in [0.15, 0.2) is 18.5 Å². The summed E-state index contributed by atoms with van der Waals surface area (Å²) < 4.78 is 36.3. The highest BCUT2D eigenvalue weighted by atomic mass is 35.5.